The number of piperidine rings is 2. The Hall–Kier alpha value is -3.89. The zero-order valence-electron chi connectivity index (χ0n) is 28.3. The minimum atomic E-state index is -0.262. The Morgan fingerprint density at radius 1 is 0.979 bits per heavy atom. The predicted octanol–water partition coefficient (Wildman–Crippen LogP) is 5.52. The van der Waals surface area contributed by atoms with Crippen molar-refractivity contribution >= 4 is 28.2 Å². The second kappa shape index (κ2) is 12.9. The third-order valence-electron chi connectivity index (χ3n) is 11.2. The van der Waals surface area contributed by atoms with Gasteiger partial charge in [-0.1, -0.05) is 18.2 Å². The highest BCUT2D eigenvalue weighted by atomic mass is 16.5. The van der Waals surface area contributed by atoms with Crippen molar-refractivity contribution in [1.82, 2.24) is 24.0 Å². The Kier molecular flexibility index (Phi) is 8.41. The van der Waals surface area contributed by atoms with Gasteiger partial charge in [-0.3, -0.25) is 9.59 Å². The highest BCUT2D eigenvalue weighted by Crippen LogP contribution is 2.42. The summed E-state index contributed by atoms with van der Waals surface area (Å²) in [5.74, 6) is 1.82. The van der Waals surface area contributed by atoms with Gasteiger partial charge in [-0.05, 0) is 94.2 Å². The first-order chi connectivity index (χ1) is 23.4. The van der Waals surface area contributed by atoms with Crippen molar-refractivity contribution < 1.29 is 19.1 Å². The van der Waals surface area contributed by atoms with E-state index in [9.17, 15) is 9.59 Å². The maximum Gasteiger partial charge on any atom is 0.255 e. The summed E-state index contributed by atoms with van der Waals surface area (Å²) < 4.78 is 16.1. The smallest absolute Gasteiger partial charge is 0.255 e. The van der Waals surface area contributed by atoms with Crippen LogP contribution < -0.4 is 10.5 Å². The first-order valence-electron chi connectivity index (χ1n) is 18.0. The molecule has 10 nitrogen and oxygen atoms in total. The molecule has 2 atom stereocenters. The van der Waals surface area contributed by atoms with Crippen LogP contribution in [0.25, 0.3) is 27.8 Å². The number of aryl methyl sites for hydroxylation is 1. The van der Waals surface area contributed by atoms with Crippen molar-refractivity contribution in [1.29, 1.82) is 0 Å². The molecule has 0 radical (unpaired) electrons. The molecule has 2 unspecified atom stereocenters. The van der Waals surface area contributed by atoms with E-state index in [4.69, 9.17) is 20.3 Å². The average molecular weight is 653 g/mol. The molecule has 1 aliphatic carbocycles. The van der Waals surface area contributed by atoms with Gasteiger partial charge >= 0.3 is 0 Å². The highest BCUT2D eigenvalue weighted by Gasteiger charge is 2.33. The number of amides is 2. The van der Waals surface area contributed by atoms with E-state index >= 15 is 0 Å². The zero-order chi connectivity index (χ0) is 32.9. The van der Waals surface area contributed by atoms with Gasteiger partial charge < -0.3 is 29.6 Å². The molecule has 8 rings (SSSR count). The van der Waals surface area contributed by atoms with Crippen molar-refractivity contribution in [3.8, 4) is 17.1 Å². The summed E-state index contributed by atoms with van der Waals surface area (Å²) >= 11 is 0. The molecule has 4 fully saturated rings. The van der Waals surface area contributed by atoms with Crippen molar-refractivity contribution in [2.45, 2.75) is 89.3 Å². The van der Waals surface area contributed by atoms with Gasteiger partial charge in [-0.2, -0.15) is 5.10 Å². The number of nitrogens with zero attached hydrogens (tertiary/aromatic N) is 5. The van der Waals surface area contributed by atoms with Gasteiger partial charge in [-0.25, -0.2) is 4.52 Å². The predicted molar refractivity (Wildman–Crippen MR) is 185 cm³/mol. The molecule has 1 aromatic carbocycles. The first-order valence-corrected chi connectivity index (χ1v) is 18.0. The number of benzene rings is 1. The second-order valence-electron chi connectivity index (χ2n) is 14.5. The minimum absolute atomic E-state index is 0.0105. The van der Waals surface area contributed by atoms with E-state index in [2.05, 4.69) is 35.8 Å². The number of carbonyl (C=O) groups is 2. The fourth-order valence-corrected chi connectivity index (χ4v) is 8.36. The van der Waals surface area contributed by atoms with E-state index in [1.807, 2.05) is 26.6 Å². The zero-order valence-corrected chi connectivity index (χ0v) is 28.3. The van der Waals surface area contributed by atoms with Crippen LogP contribution in [0.15, 0.2) is 36.5 Å². The van der Waals surface area contributed by atoms with Gasteiger partial charge in [0.2, 0.25) is 0 Å². The van der Waals surface area contributed by atoms with E-state index in [0.29, 0.717) is 42.8 Å². The van der Waals surface area contributed by atoms with E-state index in [0.717, 1.165) is 87.0 Å². The van der Waals surface area contributed by atoms with Crippen molar-refractivity contribution in [2.24, 2.45) is 11.7 Å². The van der Waals surface area contributed by atoms with E-state index in [1.165, 1.54) is 29.3 Å². The Morgan fingerprint density at radius 3 is 2.54 bits per heavy atom. The molecule has 48 heavy (non-hydrogen) atoms. The summed E-state index contributed by atoms with van der Waals surface area (Å²) in [4.78, 5) is 30.7. The summed E-state index contributed by atoms with van der Waals surface area (Å²) in [5, 5.41) is 6.38. The topological polar surface area (TPSA) is 107 Å². The molecule has 3 saturated heterocycles. The SMILES string of the molecule is COc1cc(C(=O)N2CCCC(N)C2)cn2nc(-c3cc4cccc(C5CCN(C(=O)C6CCCCO6)CC5)c4n3CC3CC3)c(C)c12. The molecule has 0 spiro atoms. The Morgan fingerprint density at radius 2 is 1.81 bits per heavy atom. The number of carbonyl (C=O) groups excluding carboxylic acids is 2. The van der Waals surface area contributed by atoms with Crippen LogP contribution in [0, 0.1) is 12.8 Å². The number of para-hydroxylation sites is 1. The number of aromatic nitrogens is 3. The molecule has 3 aromatic heterocycles. The number of methoxy groups -OCH3 is 1. The normalized spacial score (nSPS) is 22.5. The quantitative estimate of drug-likeness (QED) is 0.282. The molecule has 6 heterocycles. The van der Waals surface area contributed by atoms with Crippen molar-refractivity contribution in [3.05, 3.63) is 53.2 Å². The Labute approximate surface area is 282 Å². The third-order valence-corrected chi connectivity index (χ3v) is 11.2. The average Bonchev–Trinajstić information content (AvgIpc) is 3.79. The van der Waals surface area contributed by atoms with Crippen LogP contribution in [0.3, 0.4) is 0 Å². The summed E-state index contributed by atoms with van der Waals surface area (Å²) in [6, 6.07) is 10.9. The lowest BCUT2D eigenvalue weighted by Crippen LogP contribution is -2.45. The standard InChI is InChI=1S/C38H48N6O4/c1-24-34(40-44-22-28(20-33(47-2)35(24)44)37(45)42-15-6-8-29(39)23-42)31-19-27-7-5-9-30(36(27)43(31)21-25-11-12-25)26-13-16-41(17-14-26)38(46)32-10-3-4-18-48-32/h5,7,9,19-20,22,25-26,29,32H,3-4,6,8,10-18,21,23,39H2,1-2H3. The van der Waals surface area contributed by atoms with Crippen LogP contribution in [0.5, 0.6) is 5.75 Å². The van der Waals surface area contributed by atoms with Crippen LogP contribution in [0.4, 0.5) is 0 Å². The monoisotopic (exact) mass is 652 g/mol. The van der Waals surface area contributed by atoms with E-state index in [1.54, 1.807) is 7.11 Å². The third kappa shape index (κ3) is 5.76. The fourth-order valence-electron chi connectivity index (χ4n) is 8.36. The molecule has 0 bridgehead atoms. The lowest BCUT2D eigenvalue weighted by atomic mass is 9.88. The van der Waals surface area contributed by atoms with Gasteiger partial charge in [0.05, 0.1) is 23.9 Å². The number of hydrogen-bond donors (Lipinski definition) is 1. The number of likely N-dealkylation sites (tertiary alicyclic amines) is 2. The fraction of sp³-hybridized carbons (Fsp3) is 0.553. The van der Waals surface area contributed by atoms with Gasteiger partial charge in [0.15, 0.2) is 0 Å². The Bertz CT molecular complexity index is 1840. The molecule has 2 amide bonds. The van der Waals surface area contributed by atoms with Crippen molar-refractivity contribution in [3.63, 3.8) is 0 Å². The van der Waals surface area contributed by atoms with Crippen LogP contribution in [0.2, 0.25) is 0 Å². The van der Waals surface area contributed by atoms with Gasteiger partial charge in [0, 0.05) is 62.5 Å². The minimum Gasteiger partial charge on any atom is -0.494 e. The molecule has 4 aromatic rings. The summed E-state index contributed by atoms with van der Waals surface area (Å²) in [7, 11) is 1.66. The van der Waals surface area contributed by atoms with Crippen LogP contribution in [0.1, 0.15) is 85.2 Å². The first kappa shape index (κ1) is 31.4. The number of rotatable bonds is 7. The number of pyridine rings is 1. The van der Waals surface area contributed by atoms with E-state index in [-0.39, 0.29) is 24.0 Å². The van der Waals surface area contributed by atoms with Crippen LogP contribution in [-0.4, -0.2) is 87.8 Å². The lowest BCUT2D eigenvalue weighted by molar-refractivity contribution is -0.147. The molecule has 1 saturated carbocycles. The number of hydrogen-bond acceptors (Lipinski definition) is 6. The van der Waals surface area contributed by atoms with Gasteiger partial charge in [-0.15, -0.1) is 0 Å². The maximum atomic E-state index is 13.6. The summed E-state index contributed by atoms with van der Waals surface area (Å²) in [6.07, 6.45) is 10.8. The Balaban J connectivity index is 1.14. The van der Waals surface area contributed by atoms with E-state index < -0.39 is 0 Å². The highest BCUT2D eigenvalue weighted by molar-refractivity contribution is 5.96. The summed E-state index contributed by atoms with van der Waals surface area (Å²) in [6.45, 7) is 6.57. The molecule has 3 aliphatic heterocycles. The molecule has 254 valence electrons. The van der Waals surface area contributed by atoms with Crippen LogP contribution in [-0.2, 0) is 16.1 Å². The molecule has 2 N–H and O–H groups in total. The largest absolute Gasteiger partial charge is 0.494 e. The molecular weight excluding hydrogens is 604 g/mol. The number of ether oxygens (including phenoxy) is 2. The molecular formula is C38H48N6O4. The van der Waals surface area contributed by atoms with Gasteiger partial charge in [0.1, 0.15) is 23.1 Å². The number of nitrogens with two attached hydrogens (primary N) is 1. The second-order valence-corrected chi connectivity index (χ2v) is 14.5. The lowest BCUT2D eigenvalue weighted by Gasteiger charge is -2.35. The maximum absolute atomic E-state index is 13.6. The van der Waals surface area contributed by atoms with Gasteiger partial charge in [0.25, 0.3) is 11.8 Å². The molecule has 10 heteroatoms. The van der Waals surface area contributed by atoms with Crippen molar-refractivity contribution in [2.75, 3.05) is 39.9 Å². The molecule has 4 aliphatic rings. The number of fused-ring (bicyclic) bond motifs is 2. The van der Waals surface area contributed by atoms with Crippen LogP contribution >= 0.6 is 0 Å². The summed E-state index contributed by atoms with van der Waals surface area (Å²) in [5.41, 5.74) is 13.3.